The topological polar surface area (TPSA) is 18.5 Å². The molecule has 19 heavy (non-hydrogen) atoms. The van der Waals surface area contributed by atoms with Gasteiger partial charge in [-0.05, 0) is 24.6 Å². The summed E-state index contributed by atoms with van der Waals surface area (Å²) in [6, 6.07) is 9.57. The molecule has 0 amide bonds. The third kappa shape index (κ3) is 3.44. The standard InChI is InChI=1S/C15H23N3S/c1-13-3-2-4-15(9-13)18-7-5-17(6-8-18)10-14-11-19-12-16-14/h2-4,9,14,16H,5-8,10-12H2,1H3. The zero-order chi connectivity index (χ0) is 13.1. The highest BCUT2D eigenvalue weighted by atomic mass is 32.2. The van der Waals surface area contributed by atoms with Crippen molar-refractivity contribution in [2.75, 3.05) is 49.3 Å². The van der Waals surface area contributed by atoms with Crippen LogP contribution in [0.3, 0.4) is 0 Å². The van der Waals surface area contributed by atoms with Crippen LogP contribution in [0.25, 0.3) is 0 Å². The third-order valence-electron chi connectivity index (χ3n) is 4.01. The third-order valence-corrected chi connectivity index (χ3v) is 5.02. The Hall–Kier alpha value is -0.710. The highest BCUT2D eigenvalue weighted by Gasteiger charge is 2.22. The maximum Gasteiger partial charge on any atom is 0.0421 e. The molecule has 1 N–H and O–H groups in total. The molecular weight excluding hydrogens is 254 g/mol. The van der Waals surface area contributed by atoms with Gasteiger partial charge in [0.15, 0.2) is 0 Å². The van der Waals surface area contributed by atoms with Crippen LogP contribution in [0.2, 0.25) is 0 Å². The number of aryl methyl sites for hydroxylation is 1. The van der Waals surface area contributed by atoms with E-state index in [9.17, 15) is 0 Å². The van der Waals surface area contributed by atoms with E-state index in [0.717, 1.165) is 19.0 Å². The summed E-state index contributed by atoms with van der Waals surface area (Å²) in [5.41, 5.74) is 2.74. The summed E-state index contributed by atoms with van der Waals surface area (Å²) in [4.78, 5) is 5.12. The number of nitrogens with zero attached hydrogens (tertiary/aromatic N) is 2. The molecule has 0 aromatic heterocycles. The van der Waals surface area contributed by atoms with Gasteiger partial charge in [-0.25, -0.2) is 0 Å². The van der Waals surface area contributed by atoms with Crippen molar-refractivity contribution in [3.8, 4) is 0 Å². The summed E-state index contributed by atoms with van der Waals surface area (Å²) in [5.74, 6) is 2.41. The molecule has 2 heterocycles. The van der Waals surface area contributed by atoms with Gasteiger partial charge < -0.3 is 10.2 Å². The molecule has 2 aliphatic rings. The van der Waals surface area contributed by atoms with Gasteiger partial charge in [0, 0.05) is 56.1 Å². The van der Waals surface area contributed by atoms with Crippen LogP contribution < -0.4 is 10.2 Å². The normalized spacial score (nSPS) is 24.9. The van der Waals surface area contributed by atoms with Gasteiger partial charge in [-0.15, -0.1) is 11.8 Å². The number of benzene rings is 1. The Balaban J connectivity index is 1.51. The van der Waals surface area contributed by atoms with Crippen LogP contribution >= 0.6 is 11.8 Å². The van der Waals surface area contributed by atoms with Crippen LogP contribution in [0, 0.1) is 6.92 Å². The minimum Gasteiger partial charge on any atom is -0.369 e. The SMILES string of the molecule is Cc1cccc(N2CCN(CC3CSCN3)CC2)c1. The number of thioether (sulfide) groups is 1. The smallest absolute Gasteiger partial charge is 0.0421 e. The molecule has 1 atom stereocenters. The van der Waals surface area contributed by atoms with Crippen molar-refractivity contribution >= 4 is 17.4 Å². The molecular formula is C15H23N3S. The van der Waals surface area contributed by atoms with Gasteiger partial charge in [0.05, 0.1) is 0 Å². The number of hydrogen-bond donors (Lipinski definition) is 1. The summed E-state index contributed by atoms with van der Waals surface area (Å²) < 4.78 is 0. The average molecular weight is 277 g/mol. The molecule has 0 saturated carbocycles. The molecule has 3 rings (SSSR count). The highest BCUT2D eigenvalue weighted by Crippen LogP contribution is 2.18. The zero-order valence-electron chi connectivity index (χ0n) is 11.6. The first kappa shape index (κ1) is 13.3. The summed E-state index contributed by atoms with van der Waals surface area (Å²) >= 11 is 2.02. The van der Waals surface area contributed by atoms with E-state index in [2.05, 4.69) is 46.3 Å². The first-order valence-electron chi connectivity index (χ1n) is 7.16. The lowest BCUT2D eigenvalue weighted by Crippen LogP contribution is -2.50. The van der Waals surface area contributed by atoms with E-state index in [-0.39, 0.29) is 0 Å². The van der Waals surface area contributed by atoms with E-state index in [0.29, 0.717) is 6.04 Å². The second-order valence-electron chi connectivity index (χ2n) is 5.54. The van der Waals surface area contributed by atoms with Crippen molar-refractivity contribution < 1.29 is 0 Å². The van der Waals surface area contributed by atoms with Crippen molar-refractivity contribution in [1.82, 2.24) is 10.2 Å². The Morgan fingerprint density at radius 2 is 2.11 bits per heavy atom. The number of piperazine rings is 1. The van der Waals surface area contributed by atoms with E-state index in [1.54, 1.807) is 0 Å². The van der Waals surface area contributed by atoms with Gasteiger partial charge in [0.2, 0.25) is 0 Å². The van der Waals surface area contributed by atoms with Crippen LogP contribution in [0.4, 0.5) is 5.69 Å². The Bertz CT molecular complexity index is 410. The average Bonchev–Trinajstić information content (AvgIpc) is 2.92. The van der Waals surface area contributed by atoms with E-state index >= 15 is 0 Å². The fourth-order valence-electron chi connectivity index (χ4n) is 2.88. The van der Waals surface area contributed by atoms with Crippen LogP contribution in [0.1, 0.15) is 5.56 Å². The van der Waals surface area contributed by atoms with Crippen molar-refractivity contribution in [2.45, 2.75) is 13.0 Å². The van der Waals surface area contributed by atoms with Gasteiger partial charge >= 0.3 is 0 Å². The second kappa shape index (κ2) is 6.16. The van der Waals surface area contributed by atoms with E-state index in [1.807, 2.05) is 11.8 Å². The van der Waals surface area contributed by atoms with Crippen LogP contribution in [-0.4, -0.2) is 55.3 Å². The maximum atomic E-state index is 3.56. The molecule has 1 unspecified atom stereocenters. The zero-order valence-corrected chi connectivity index (χ0v) is 12.5. The monoisotopic (exact) mass is 277 g/mol. The van der Waals surface area contributed by atoms with E-state index in [4.69, 9.17) is 0 Å². The lowest BCUT2D eigenvalue weighted by atomic mass is 10.2. The minimum atomic E-state index is 0.704. The first-order valence-corrected chi connectivity index (χ1v) is 8.32. The minimum absolute atomic E-state index is 0.704. The molecule has 0 radical (unpaired) electrons. The predicted octanol–water partition coefficient (Wildman–Crippen LogP) is 1.78. The predicted molar refractivity (Wildman–Crippen MR) is 84.1 cm³/mol. The van der Waals surface area contributed by atoms with Crippen molar-refractivity contribution in [3.05, 3.63) is 29.8 Å². The Kier molecular flexibility index (Phi) is 4.31. The van der Waals surface area contributed by atoms with Crippen molar-refractivity contribution in [2.24, 2.45) is 0 Å². The molecule has 3 nitrogen and oxygen atoms in total. The molecule has 1 aromatic carbocycles. The van der Waals surface area contributed by atoms with Crippen LogP contribution in [-0.2, 0) is 0 Å². The fraction of sp³-hybridized carbons (Fsp3) is 0.600. The van der Waals surface area contributed by atoms with Gasteiger partial charge in [-0.3, -0.25) is 4.90 Å². The number of rotatable bonds is 3. The Labute approximate surface area is 120 Å². The van der Waals surface area contributed by atoms with Gasteiger partial charge in [0.25, 0.3) is 0 Å². The summed E-state index contributed by atoms with van der Waals surface area (Å²) in [5, 5.41) is 3.56. The molecule has 0 bridgehead atoms. The van der Waals surface area contributed by atoms with Crippen molar-refractivity contribution in [1.29, 1.82) is 0 Å². The lowest BCUT2D eigenvalue weighted by molar-refractivity contribution is 0.240. The highest BCUT2D eigenvalue weighted by molar-refractivity contribution is 7.99. The Morgan fingerprint density at radius 1 is 1.26 bits per heavy atom. The molecule has 104 valence electrons. The molecule has 0 spiro atoms. The van der Waals surface area contributed by atoms with Crippen LogP contribution in [0.15, 0.2) is 24.3 Å². The molecule has 0 aliphatic carbocycles. The van der Waals surface area contributed by atoms with Gasteiger partial charge in [-0.1, -0.05) is 12.1 Å². The summed E-state index contributed by atoms with van der Waals surface area (Å²) in [7, 11) is 0. The Morgan fingerprint density at radius 3 is 2.79 bits per heavy atom. The van der Waals surface area contributed by atoms with E-state index < -0.39 is 0 Å². The van der Waals surface area contributed by atoms with Gasteiger partial charge in [0.1, 0.15) is 0 Å². The summed E-state index contributed by atoms with van der Waals surface area (Å²) in [6.45, 7) is 8.08. The lowest BCUT2D eigenvalue weighted by Gasteiger charge is -2.37. The number of hydrogen-bond acceptors (Lipinski definition) is 4. The largest absolute Gasteiger partial charge is 0.369 e. The maximum absolute atomic E-state index is 3.56. The molecule has 4 heteroatoms. The summed E-state index contributed by atoms with van der Waals surface area (Å²) in [6.07, 6.45) is 0. The quantitative estimate of drug-likeness (QED) is 0.907. The van der Waals surface area contributed by atoms with Crippen LogP contribution in [0.5, 0.6) is 0 Å². The second-order valence-corrected chi connectivity index (χ2v) is 6.57. The molecule has 2 saturated heterocycles. The number of anilines is 1. The van der Waals surface area contributed by atoms with E-state index in [1.165, 1.54) is 36.6 Å². The first-order chi connectivity index (χ1) is 9.31. The molecule has 1 aromatic rings. The molecule has 2 aliphatic heterocycles. The number of nitrogens with one attached hydrogen (secondary N) is 1. The molecule has 2 fully saturated rings. The van der Waals surface area contributed by atoms with Gasteiger partial charge in [-0.2, -0.15) is 0 Å². The fourth-order valence-corrected chi connectivity index (χ4v) is 3.86. The van der Waals surface area contributed by atoms with Crippen molar-refractivity contribution in [3.63, 3.8) is 0 Å².